The molecule has 1 unspecified atom stereocenters. The van der Waals surface area contributed by atoms with E-state index in [2.05, 4.69) is 10.5 Å². The van der Waals surface area contributed by atoms with Crippen molar-refractivity contribution in [2.75, 3.05) is 13.1 Å². The van der Waals surface area contributed by atoms with E-state index in [1.807, 2.05) is 13.8 Å². The van der Waals surface area contributed by atoms with E-state index in [0.717, 1.165) is 24.3 Å². The van der Waals surface area contributed by atoms with Crippen LogP contribution in [0.3, 0.4) is 0 Å². The Hall–Kier alpha value is -3.16. The number of nitriles is 1. The first-order chi connectivity index (χ1) is 16.4. The van der Waals surface area contributed by atoms with Gasteiger partial charge in [0.15, 0.2) is 5.67 Å². The number of aliphatic imine (C=N–C) groups is 1. The first kappa shape index (κ1) is 24.9. The number of nitrogens with one attached hydrogen (secondary N) is 1. The maximum Gasteiger partial charge on any atom is 0.428 e. The van der Waals surface area contributed by atoms with Crippen molar-refractivity contribution in [3.63, 3.8) is 0 Å². The average Bonchev–Trinajstić information content (AvgIpc) is 3.24. The second kappa shape index (κ2) is 8.81. The highest BCUT2D eigenvalue weighted by Crippen LogP contribution is 2.48. The summed E-state index contributed by atoms with van der Waals surface area (Å²) in [6.45, 7) is 3.73. The van der Waals surface area contributed by atoms with Gasteiger partial charge in [0.25, 0.3) is 0 Å². The lowest BCUT2D eigenvalue weighted by atomic mass is 9.86. The molecule has 5 nitrogen and oxygen atoms in total. The number of hydroxylamine groups is 1. The molecule has 2 heterocycles. The van der Waals surface area contributed by atoms with E-state index in [0.29, 0.717) is 17.0 Å². The van der Waals surface area contributed by atoms with Gasteiger partial charge in [0.1, 0.15) is 11.7 Å². The van der Waals surface area contributed by atoms with Crippen LogP contribution in [0.15, 0.2) is 53.5 Å². The molecule has 0 aliphatic carbocycles. The molecule has 2 aliphatic heterocycles. The van der Waals surface area contributed by atoms with Crippen molar-refractivity contribution in [1.29, 1.82) is 5.26 Å². The fraction of sp³-hybridized carbons (Fsp3) is 0.333. The van der Waals surface area contributed by atoms with Crippen molar-refractivity contribution in [2.24, 2.45) is 10.9 Å². The van der Waals surface area contributed by atoms with Crippen LogP contribution in [0.5, 0.6) is 0 Å². The van der Waals surface area contributed by atoms with Gasteiger partial charge in [-0.3, -0.25) is 10.3 Å². The number of nitrogens with zero attached hydrogens (tertiary/aromatic N) is 3. The van der Waals surface area contributed by atoms with Crippen molar-refractivity contribution in [3.05, 3.63) is 76.1 Å². The summed E-state index contributed by atoms with van der Waals surface area (Å²) >= 11 is 5.70. The molecule has 2 aromatic carbocycles. The molecule has 1 saturated heterocycles. The average molecular weight is 511 g/mol. The highest BCUT2D eigenvalue weighted by Gasteiger charge is 2.59. The summed E-state index contributed by atoms with van der Waals surface area (Å²) in [6, 6.07) is 8.61. The van der Waals surface area contributed by atoms with Gasteiger partial charge in [-0.1, -0.05) is 55.8 Å². The Bertz CT molecular complexity index is 1230. The molecule has 4 rings (SSSR count). The Kier molecular flexibility index (Phi) is 6.28. The molecule has 184 valence electrons. The van der Waals surface area contributed by atoms with Crippen LogP contribution < -0.4 is 5.48 Å². The molecule has 0 saturated carbocycles. The van der Waals surface area contributed by atoms with Gasteiger partial charge in [0.2, 0.25) is 11.8 Å². The van der Waals surface area contributed by atoms with Crippen molar-refractivity contribution >= 4 is 23.1 Å². The first-order valence-corrected chi connectivity index (χ1v) is 11.0. The quantitative estimate of drug-likeness (QED) is 0.243. The van der Waals surface area contributed by atoms with Crippen LogP contribution in [0, 0.1) is 23.2 Å². The van der Waals surface area contributed by atoms with Gasteiger partial charge in [-0.05, 0) is 29.3 Å². The molecule has 0 bridgehead atoms. The number of likely N-dealkylation sites (tertiary alicyclic amines) is 1. The van der Waals surface area contributed by atoms with E-state index in [9.17, 15) is 17.6 Å². The zero-order valence-corrected chi connectivity index (χ0v) is 19.4. The standard InChI is InChI=1S/C24H20ClF5N4O/c1-14(2)21(32-13-31)34-11-22(27,12-34)16-5-3-15(4-6-16)20-10-23(35-33-20,24(28,29)30)17-7-8-19(26)18(25)9-17/h3-10,14,33H,11-12H2,1-2H3. The number of amidine groups is 1. The van der Waals surface area contributed by atoms with Crippen molar-refractivity contribution in [2.45, 2.75) is 31.3 Å². The summed E-state index contributed by atoms with van der Waals surface area (Å²) < 4.78 is 71.2. The Morgan fingerprint density at radius 3 is 2.34 bits per heavy atom. The van der Waals surface area contributed by atoms with Crippen molar-refractivity contribution < 1.29 is 26.8 Å². The third-order valence-corrected chi connectivity index (χ3v) is 6.33. The van der Waals surface area contributed by atoms with Crippen LogP contribution >= 0.6 is 11.6 Å². The minimum atomic E-state index is -4.89. The Labute approximate surface area is 203 Å². The van der Waals surface area contributed by atoms with Gasteiger partial charge in [-0.15, -0.1) is 0 Å². The fourth-order valence-electron chi connectivity index (χ4n) is 4.18. The second-order valence-corrected chi connectivity index (χ2v) is 9.16. The molecule has 1 N–H and O–H groups in total. The summed E-state index contributed by atoms with van der Waals surface area (Å²) in [5.74, 6) is -0.404. The van der Waals surface area contributed by atoms with Crippen LogP contribution in [0.25, 0.3) is 5.70 Å². The molecule has 11 heteroatoms. The largest absolute Gasteiger partial charge is 0.428 e. The van der Waals surface area contributed by atoms with Gasteiger partial charge in [0, 0.05) is 11.5 Å². The lowest BCUT2D eigenvalue weighted by molar-refractivity contribution is -0.269. The predicted octanol–water partition coefficient (Wildman–Crippen LogP) is 5.83. The van der Waals surface area contributed by atoms with Crippen molar-refractivity contribution in [3.8, 4) is 6.19 Å². The normalized spacial score (nSPS) is 21.9. The van der Waals surface area contributed by atoms with E-state index >= 15 is 4.39 Å². The number of benzene rings is 2. The summed E-state index contributed by atoms with van der Waals surface area (Å²) in [7, 11) is 0. The van der Waals surface area contributed by atoms with Gasteiger partial charge < -0.3 is 4.90 Å². The second-order valence-electron chi connectivity index (χ2n) is 8.75. The van der Waals surface area contributed by atoms with E-state index < -0.39 is 33.8 Å². The van der Waals surface area contributed by atoms with Crippen LogP contribution in [-0.4, -0.2) is 30.0 Å². The van der Waals surface area contributed by atoms with Crippen LogP contribution in [-0.2, 0) is 16.1 Å². The zero-order valence-electron chi connectivity index (χ0n) is 18.6. The Morgan fingerprint density at radius 1 is 1.17 bits per heavy atom. The molecular formula is C24H20ClF5N4O. The maximum atomic E-state index is 15.4. The molecule has 0 radical (unpaired) electrons. The third-order valence-electron chi connectivity index (χ3n) is 6.04. The van der Waals surface area contributed by atoms with Crippen LogP contribution in [0.1, 0.15) is 30.5 Å². The number of halogens is 6. The van der Waals surface area contributed by atoms with Gasteiger partial charge in [-0.2, -0.15) is 23.4 Å². The van der Waals surface area contributed by atoms with Gasteiger partial charge in [-0.25, -0.2) is 8.78 Å². The highest BCUT2D eigenvalue weighted by molar-refractivity contribution is 6.30. The van der Waals surface area contributed by atoms with E-state index in [1.54, 1.807) is 11.1 Å². The molecule has 0 aromatic heterocycles. The molecule has 1 fully saturated rings. The number of hydrogen-bond acceptors (Lipinski definition) is 4. The monoisotopic (exact) mass is 510 g/mol. The minimum absolute atomic E-state index is 0.0115. The topological polar surface area (TPSA) is 60.7 Å². The summed E-state index contributed by atoms with van der Waals surface area (Å²) in [4.78, 5) is 10.5. The molecule has 0 amide bonds. The number of rotatable bonds is 4. The number of hydrogen-bond donors (Lipinski definition) is 1. The van der Waals surface area contributed by atoms with Gasteiger partial charge >= 0.3 is 6.18 Å². The minimum Gasteiger partial charge on any atom is -0.352 e. The number of alkyl halides is 4. The molecular weight excluding hydrogens is 491 g/mol. The molecule has 35 heavy (non-hydrogen) atoms. The highest BCUT2D eigenvalue weighted by atomic mass is 35.5. The third kappa shape index (κ3) is 4.34. The summed E-state index contributed by atoms with van der Waals surface area (Å²) in [5, 5.41) is 8.38. The van der Waals surface area contributed by atoms with E-state index in [-0.39, 0.29) is 24.7 Å². The summed E-state index contributed by atoms with van der Waals surface area (Å²) in [6.07, 6.45) is -2.31. The Morgan fingerprint density at radius 2 is 1.80 bits per heavy atom. The first-order valence-electron chi connectivity index (χ1n) is 10.6. The van der Waals surface area contributed by atoms with Crippen LogP contribution in [0.4, 0.5) is 22.0 Å². The van der Waals surface area contributed by atoms with E-state index in [4.69, 9.17) is 21.7 Å². The van der Waals surface area contributed by atoms with E-state index in [1.165, 1.54) is 24.3 Å². The molecule has 2 aliphatic rings. The van der Waals surface area contributed by atoms with Crippen LogP contribution in [0.2, 0.25) is 5.02 Å². The predicted molar refractivity (Wildman–Crippen MR) is 120 cm³/mol. The zero-order chi connectivity index (χ0) is 25.6. The molecule has 0 spiro atoms. The molecule has 1 atom stereocenters. The molecule has 2 aromatic rings. The van der Waals surface area contributed by atoms with Gasteiger partial charge in [0.05, 0.1) is 23.8 Å². The fourth-order valence-corrected chi connectivity index (χ4v) is 4.36. The summed E-state index contributed by atoms with van der Waals surface area (Å²) in [5.41, 5.74) is -1.97. The van der Waals surface area contributed by atoms with Crippen molar-refractivity contribution in [1.82, 2.24) is 10.4 Å². The lowest BCUT2D eigenvalue weighted by Gasteiger charge is -2.47. The lowest BCUT2D eigenvalue weighted by Crippen LogP contribution is -2.59. The maximum absolute atomic E-state index is 15.4. The SMILES string of the molecule is CC(C)C(=NC#N)N1CC(F)(c2ccc(C3=CC(c4ccc(F)c(Cl)c4)(C(F)(F)F)ON3)cc2)C1. The Balaban J connectivity index is 1.59. The smallest absolute Gasteiger partial charge is 0.352 e.